The first kappa shape index (κ1) is 14.1. The average molecular weight is 426 g/mol. The minimum atomic E-state index is 0.870. The second-order valence-electron chi connectivity index (χ2n) is 6.11. The Morgan fingerprint density at radius 3 is 2.83 bits per heavy atom. The van der Waals surface area contributed by atoms with Gasteiger partial charge >= 0.3 is 0 Å². The molecule has 0 unspecified atom stereocenters. The molecule has 0 radical (unpaired) electrons. The van der Waals surface area contributed by atoms with Gasteiger partial charge in [-0.2, -0.15) is 0 Å². The molecular formula is C19H15IN4. The van der Waals surface area contributed by atoms with Crippen molar-refractivity contribution in [3.63, 3.8) is 0 Å². The summed E-state index contributed by atoms with van der Waals surface area (Å²) in [6, 6.07) is 16.9. The van der Waals surface area contributed by atoms with E-state index >= 15 is 0 Å². The molecule has 0 saturated heterocycles. The Kier molecular flexibility index (Phi) is 3.00. The number of para-hydroxylation sites is 2. The maximum atomic E-state index is 4.92. The molecule has 5 rings (SSSR count). The fourth-order valence-electron chi connectivity index (χ4n) is 3.46. The van der Waals surface area contributed by atoms with Gasteiger partial charge in [0.1, 0.15) is 0 Å². The summed E-state index contributed by atoms with van der Waals surface area (Å²) in [6.07, 6.45) is 4.32. The average Bonchev–Trinajstić information content (AvgIpc) is 3.08. The molecule has 2 aromatic heterocycles. The van der Waals surface area contributed by atoms with E-state index in [0.717, 1.165) is 29.0 Å². The molecule has 4 nitrogen and oxygen atoms in total. The van der Waals surface area contributed by atoms with E-state index in [1.54, 1.807) is 0 Å². The molecule has 2 aromatic carbocycles. The van der Waals surface area contributed by atoms with E-state index in [4.69, 9.17) is 4.98 Å². The summed E-state index contributed by atoms with van der Waals surface area (Å²) in [5, 5.41) is 0. The number of rotatable bonds is 1. The summed E-state index contributed by atoms with van der Waals surface area (Å²) in [5.41, 5.74) is 5.84. The molecular weight excluding hydrogens is 411 g/mol. The highest BCUT2D eigenvalue weighted by Gasteiger charge is 2.23. The number of benzene rings is 2. The molecule has 1 aliphatic heterocycles. The molecule has 0 fully saturated rings. The minimum Gasteiger partial charge on any atom is -0.374 e. The third-order valence-electron chi connectivity index (χ3n) is 4.50. The van der Waals surface area contributed by atoms with Crippen LogP contribution in [0, 0.1) is 3.57 Å². The molecule has 0 amide bonds. The van der Waals surface area contributed by atoms with Crippen LogP contribution in [0.3, 0.4) is 0 Å². The SMILES string of the molecule is CN1C=Cc2c(n(-c3cccc(I)c3)c3nc4ccccc4n23)C1. The molecule has 118 valence electrons. The van der Waals surface area contributed by atoms with Crippen molar-refractivity contribution in [2.75, 3.05) is 7.05 Å². The van der Waals surface area contributed by atoms with Crippen LogP contribution in [0.2, 0.25) is 0 Å². The zero-order valence-corrected chi connectivity index (χ0v) is 15.3. The van der Waals surface area contributed by atoms with Crippen LogP contribution < -0.4 is 0 Å². The number of halogens is 1. The minimum absolute atomic E-state index is 0.870. The second-order valence-corrected chi connectivity index (χ2v) is 7.36. The van der Waals surface area contributed by atoms with Gasteiger partial charge in [-0.3, -0.25) is 8.97 Å². The lowest BCUT2D eigenvalue weighted by molar-refractivity contribution is 0.437. The van der Waals surface area contributed by atoms with Gasteiger partial charge in [-0.1, -0.05) is 18.2 Å². The standard InChI is InChI=1S/C19H15IN4/c1-22-10-9-17-18(12-22)23(14-6-4-5-13(20)11-14)19-21-15-7-2-3-8-16(15)24(17)19/h2-11H,12H2,1H3. The van der Waals surface area contributed by atoms with Crippen LogP contribution in [0.1, 0.15) is 11.4 Å². The Labute approximate surface area is 153 Å². The summed E-state index contributed by atoms with van der Waals surface area (Å²) in [4.78, 5) is 7.13. The maximum absolute atomic E-state index is 4.92. The lowest BCUT2D eigenvalue weighted by atomic mass is 10.2. The number of imidazole rings is 2. The van der Waals surface area contributed by atoms with E-state index in [1.807, 2.05) is 6.07 Å². The van der Waals surface area contributed by atoms with Crippen molar-refractivity contribution in [2.24, 2.45) is 0 Å². The third kappa shape index (κ3) is 1.94. The largest absolute Gasteiger partial charge is 0.374 e. The van der Waals surface area contributed by atoms with Gasteiger partial charge in [0.2, 0.25) is 5.78 Å². The Morgan fingerprint density at radius 2 is 1.96 bits per heavy atom. The Balaban J connectivity index is 1.95. The molecule has 0 bridgehead atoms. The zero-order valence-electron chi connectivity index (χ0n) is 13.1. The summed E-state index contributed by atoms with van der Waals surface area (Å²) < 4.78 is 5.78. The quantitative estimate of drug-likeness (QED) is 0.425. The van der Waals surface area contributed by atoms with Gasteiger partial charge in [-0.25, -0.2) is 4.98 Å². The van der Waals surface area contributed by atoms with E-state index in [-0.39, 0.29) is 0 Å². The number of aromatic nitrogens is 3. The Bertz CT molecular complexity index is 1120. The highest BCUT2D eigenvalue weighted by atomic mass is 127. The predicted molar refractivity (Wildman–Crippen MR) is 105 cm³/mol. The van der Waals surface area contributed by atoms with Gasteiger partial charge in [-0.05, 0) is 59.0 Å². The maximum Gasteiger partial charge on any atom is 0.220 e. The first-order valence-electron chi connectivity index (χ1n) is 7.87. The molecule has 24 heavy (non-hydrogen) atoms. The molecule has 5 heteroatoms. The molecule has 0 N–H and O–H groups in total. The van der Waals surface area contributed by atoms with Crippen molar-refractivity contribution in [3.8, 4) is 5.69 Å². The molecule has 4 aromatic rings. The number of hydrogen-bond acceptors (Lipinski definition) is 2. The van der Waals surface area contributed by atoms with Crippen LogP contribution in [0.25, 0.3) is 28.6 Å². The van der Waals surface area contributed by atoms with Crippen LogP contribution >= 0.6 is 22.6 Å². The molecule has 0 saturated carbocycles. The first-order valence-corrected chi connectivity index (χ1v) is 8.95. The summed E-state index contributed by atoms with van der Waals surface area (Å²) in [7, 11) is 2.10. The van der Waals surface area contributed by atoms with Crippen LogP contribution in [0.5, 0.6) is 0 Å². The van der Waals surface area contributed by atoms with Crippen molar-refractivity contribution in [1.29, 1.82) is 0 Å². The van der Waals surface area contributed by atoms with Gasteiger partial charge in [0.05, 0.1) is 29.0 Å². The highest BCUT2D eigenvalue weighted by Crippen LogP contribution is 2.31. The van der Waals surface area contributed by atoms with Crippen LogP contribution in [-0.4, -0.2) is 25.9 Å². The molecule has 0 atom stereocenters. The fourth-order valence-corrected chi connectivity index (χ4v) is 3.99. The molecule has 3 heterocycles. The second kappa shape index (κ2) is 5.11. The third-order valence-corrected chi connectivity index (χ3v) is 5.17. The van der Waals surface area contributed by atoms with Gasteiger partial charge in [0, 0.05) is 22.5 Å². The Morgan fingerprint density at radius 1 is 1.08 bits per heavy atom. The van der Waals surface area contributed by atoms with Crippen molar-refractivity contribution in [2.45, 2.75) is 6.54 Å². The lowest BCUT2D eigenvalue weighted by Gasteiger charge is -2.20. The first-order chi connectivity index (χ1) is 11.7. The van der Waals surface area contributed by atoms with Gasteiger partial charge in [0.15, 0.2) is 0 Å². The van der Waals surface area contributed by atoms with E-state index in [0.29, 0.717) is 0 Å². The summed E-state index contributed by atoms with van der Waals surface area (Å²) in [6.45, 7) is 0.870. The van der Waals surface area contributed by atoms with Crippen LogP contribution in [-0.2, 0) is 6.54 Å². The monoisotopic (exact) mass is 426 g/mol. The van der Waals surface area contributed by atoms with Gasteiger partial charge in [0.25, 0.3) is 0 Å². The number of hydrogen-bond donors (Lipinski definition) is 0. The number of nitrogens with zero attached hydrogens (tertiary/aromatic N) is 4. The van der Waals surface area contributed by atoms with Gasteiger partial charge < -0.3 is 4.90 Å². The highest BCUT2D eigenvalue weighted by molar-refractivity contribution is 14.1. The van der Waals surface area contributed by atoms with Crippen molar-refractivity contribution >= 4 is 45.5 Å². The fraction of sp³-hybridized carbons (Fsp3) is 0.105. The molecule has 0 spiro atoms. The van der Waals surface area contributed by atoms with Crippen LogP contribution in [0.4, 0.5) is 0 Å². The molecule has 0 aliphatic carbocycles. The Hall–Kier alpha value is -2.28. The van der Waals surface area contributed by atoms with E-state index < -0.39 is 0 Å². The van der Waals surface area contributed by atoms with E-state index in [9.17, 15) is 0 Å². The van der Waals surface area contributed by atoms with Crippen molar-refractivity contribution in [1.82, 2.24) is 18.9 Å². The van der Waals surface area contributed by atoms with Crippen LogP contribution in [0.15, 0.2) is 54.7 Å². The van der Waals surface area contributed by atoms with E-state index in [1.165, 1.54) is 15.0 Å². The lowest BCUT2D eigenvalue weighted by Crippen LogP contribution is -2.17. The summed E-state index contributed by atoms with van der Waals surface area (Å²) in [5.74, 6) is 0.975. The molecule has 1 aliphatic rings. The predicted octanol–water partition coefficient (Wildman–Crippen LogP) is 4.30. The van der Waals surface area contributed by atoms with Gasteiger partial charge in [-0.15, -0.1) is 0 Å². The van der Waals surface area contributed by atoms with E-state index in [2.05, 4.69) is 98.2 Å². The smallest absolute Gasteiger partial charge is 0.220 e. The number of fused-ring (bicyclic) bond motifs is 5. The summed E-state index contributed by atoms with van der Waals surface area (Å²) >= 11 is 2.36. The normalized spacial score (nSPS) is 13.8. The topological polar surface area (TPSA) is 25.5 Å². The zero-order chi connectivity index (χ0) is 16.3. The van der Waals surface area contributed by atoms with Crippen molar-refractivity contribution < 1.29 is 0 Å². The van der Waals surface area contributed by atoms with Crippen molar-refractivity contribution in [3.05, 3.63) is 69.7 Å².